The van der Waals surface area contributed by atoms with E-state index in [1.165, 1.54) is 19.2 Å². The molecule has 0 aliphatic carbocycles. The molecule has 0 atom stereocenters. The van der Waals surface area contributed by atoms with Gasteiger partial charge in [-0.15, -0.1) is 0 Å². The Bertz CT molecular complexity index is 1080. The van der Waals surface area contributed by atoms with Gasteiger partial charge in [0.05, 0.1) is 18.4 Å². The first-order valence-corrected chi connectivity index (χ1v) is 9.33. The Labute approximate surface area is 179 Å². The number of hydrogen-bond donors (Lipinski definition) is 3. The number of carbonyl (C=O) groups excluding carboxylic acids is 3. The SMILES string of the molecule is COc1ccccc1NC(=O)c1ccc(NC(=O)COC(=O)c2ccc(N)cc2)cc1. The lowest BCUT2D eigenvalue weighted by atomic mass is 10.2. The molecule has 0 radical (unpaired) electrons. The number of para-hydroxylation sites is 2. The van der Waals surface area contributed by atoms with E-state index >= 15 is 0 Å². The van der Waals surface area contributed by atoms with Gasteiger partial charge in [-0.05, 0) is 60.7 Å². The summed E-state index contributed by atoms with van der Waals surface area (Å²) in [4.78, 5) is 36.4. The minimum absolute atomic E-state index is 0.299. The monoisotopic (exact) mass is 419 g/mol. The summed E-state index contributed by atoms with van der Waals surface area (Å²) in [5.41, 5.74) is 7.80. The summed E-state index contributed by atoms with van der Waals surface area (Å²) < 4.78 is 10.2. The van der Waals surface area contributed by atoms with Gasteiger partial charge >= 0.3 is 5.97 Å². The zero-order valence-corrected chi connectivity index (χ0v) is 16.8. The number of ether oxygens (including phenoxy) is 2. The second-order valence-corrected chi connectivity index (χ2v) is 6.48. The Hall–Kier alpha value is -4.33. The number of anilines is 3. The number of rotatable bonds is 7. The Balaban J connectivity index is 1.52. The molecule has 31 heavy (non-hydrogen) atoms. The molecule has 3 aromatic carbocycles. The van der Waals surface area contributed by atoms with Crippen LogP contribution in [-0.2, 0) is 9.53 Å². The third-order valence-corrected chi connectivity index (χ3v) is 4.27. The van der Waals surface area contributed by atoms with Gasteiger partial charge in [-0.2, -0.15) is 0 Å². The maximum atomic E-state index is 12.4. The molecule has 4 N–H and O–H groups in total. The maximum Gasteiger partial charge on any atom is 0.338 e. The number of nitrogen functional groups attached to an aromatic ring is 1. The number of methoxy groups -OCH3 is 1. The van der Waals surface area contributed by atoms with Gasteiger partial charge in [0.25, 0.3) is 11.8 Å². The molecule has 0 aromatic heterocycles. The molecule has 0 unspecified atom stereocenters. The second kappa shape index (κ2) is 9.93. The minimum Gasteiger partial charge on any atom is -0.495 e. The van der Waals surface area contributed by atoms with Crippen molar-refractivity contribution in [3.05, 3.63) is 83.9 Å². The average Bonchev–Trinajstić information content (AvgIpc) is 2.78. The van der Waals surface area contributed by atoms with Crippen molar-refractivity contribution in [1.82, 2.24) is 0 Å². The van der Waals surface area contributed by atoms with Gasteiger partial charge in [-0.25, -0.2) is 4.79 Å². The molecule has 0 bridgehead atoms. The van der Waals surface area contributed by atoms with Crippen LogP contribution in [0, 0.1) is 0 Å². The second-order valence-electron chi connectivity index (χ2n) is 6.48. The van der Waals surface area contributed by atoms with Crippen molar-refractivity contribution in [2.24, 2.45) is 0 Å². The summed E-state index contributed by atoms with van der Waals surface area (Å²) in [7, 11) is 1.52. The molecule has 8 nitrogen and oxygen atoms in total. The first-order chi connectivity index (χ1) is 15.0. The largest absolute Gasteiger partial charge is 0.495 e. The van der Waals surface area contributed by atoms with Crippen molar-refractivity contribution < 1.29 is 23.9 Å². The number of benzene rings is 3. The van der Waals surface area contributed by atoms with Crippen molar-refractivity contribution in [2.75, 3.05) is 30.1 Å². The first kappa shape index (κ1) is 21.4. The van der Waals surface area contributed by atoms with Crippen LogP contribution in [0.3, 0.4) is 0 Å². The predicted octanol–water partition coefficient (Wildman–Crippen LogP) is 3.33. The number of nitrogens with one attached hydrogen (secondary N) is 2. The van der Waals surface area contributed by atoms with Gasteiger partial charge in [0, 0.05) is 16.9 Å². The fourth-order valence-electron chi connectivity index (χ4n) is 2.68. The van der Waals surface area contributed by atoms with Crippen molar-refractivity contribution in [3.63, 3.8) is 0 Å². The van der Waals surface area contributed by atoms with Crippen LogP contribution in [0.4, 0.5) is 17.1 Å². The molecule has 8 heteroatoms. The quantitative estimate of drug-likeness (QED) is 0.399. The van der Waals surface area contributed by atoms with E-state index in [0.29, 0.717) is 33.9 Å². The van der Waals surface area contributed by atoms with Crippen molar-refractivity contribution in [3.8, 4) is 5.75 Å². The van der Waals surface area contributed by atoms with Crippen LogP contribution >= 0.6 is 0 Å². The average molecular weight is 419 g/mol. The van der Waals surface area contributed by atoms with Crippen LogP contribution in [0.2, 0.25) is 0 Å². The van der Waals surface area contributed by atoms with Crippen LogP contribution in [0.15, 0.2) is 72.8 Å². The van der Waals surface area contributed by atoms with Crippen molar-refractivity contribution in [2.45, 2.75) is 0 Å². The van der Waals surface area contributed by atoms with Crippen molar-refractivity contribution >= 4 is 34.8 Å². The number of nitrogens with two attached hydrogens (primary N) is 1. The number of esters is 1. The lowest BCUT2D eigenvalue weighted by Crippen LogP contribution is -2.21. The Kier molecular flexibility index (Phi) is 6.85. The topological polar surface area (TPSA) is 120 Å². The van der Waals surface area contributed by atoms with Crippen LogP contribution < -0.4 is 21.1 Å². The van der Waals surface area contributed by atoms with Gasteiger partial charge in [-0.3, -0.25) is 9.59 Å². The van der Waals surface area contributed by atoms with E-state index < -0.39 is 18.5 Å². The minimum atomic E-state index is -0.626. The molecule has 0 aliphatic rings. The normalized spacial score (nSPS) is 10.1. The molecule has 0 spiro atoms. The standard InChI is InChI=1S/C23H21N3O5/c1-30-20-5-3-2-4-19(20)26-22(28)15-8-12-18(13-9-15)25-21(27)14-31-23(29)16-6-10-17(24)11-7-16/h2-13H,14,24H2,1H3,(H,25,27)(H,26,28). The highest BCUT2D eigenvalue weighted by Gasteiger charge is 2.12. The molecule has 158 valence electrons. The summed E-state index contributed by atoms with van der Waals surface area (Å²) in [6.45, 7) is -0.445. The van der Waals surface area contributed by atoms with Crippen LogP contribution in [0.1, 0.15) is 20.7 Å². The highest BCUT2D eigenvalue weighted by atomic mass is 16.5. The lowest BCUT2D eigenvalue weighted by Gasteiger charge is -2.10. The van der Waals surface area contributed by atoms with E-state index in [2.05, 4.69) is 10.6 Å². The number of amides is 2. The summed E-state index contributed by atoms with van der Waals surface area (Å²) >= 11 is 0. The first-order valence-electron chi connectivity index (χ1n) is 9.33. The van der Waals surface area contributed by atoms with E-state index in [1.54, 1.807) is 60.7 Å². The molecule has 3 aromatic rings. The van der Waals surface area contributed by atoms with Crippen molar-refractivity contribution in [1.29, 1.82) is 0 Å². The lowest BCUT2D eigenvalue weighted by molar-refractivity contribution is -0.119. The summed E-state index contributed by atoms with van der Waals surface area (Å²) in [5.74, 6) is -0.901. The maximum absolute atomic E-state index is 12.4. The highest BCUT2D eigenvalue weighted by molar-refractivity contribution is 6.05. The van der Waals surface area contributed by atoms with E-state index in [0.717, 1.165) is 0 Å². The predicted molar refractivity (Wildman–Crippen MR) is 117 cm³/mol. The van der Waals surface area contributed by atoms with Gasteiger partial charge in [0.15, 0.2) is 6.61 Å². The zero-order valence-electron chi connectivity index (χ0n) is 16.8. The third-order valence-electron chi connectivity index (χ3n) is 4.27. The van der Waals surface area contributed by atoms with Crippen LogP contribution in [0.5, 0.6) is 5.75 Å². The molecule has 3 rings (SSSR count). The van der Waals surface area contributed by atoms with Gasteiger partial charge in [0.1, 0.15) is 5.75 Å². The molecule has 0 aliphatic heterocycles. The molecule has 0 saturated carbocycles. The Morgan fingerprint density at radius 1 is 0.839 bits per heavy atom. The summed E-state index contributed by atoms with van der Waals surface area (Å²) in [5, 5.41) is 5.38. The molecule has 2 amide bonds. The van der Waals surface area contributed by atoms with E-state index in [-0.39, 0.29) is 5.91 Å². The van der Waals surface area contributed by atoms with E-state index in [4.69, 9.17) is 15.2 Å². The van der Waals surface area contributed by atoms with Crippen LogP contribution in [0.25, 0.3) is 0 Å². The fourth-order valence-corrected chi connectivity index (χ4v) is 2.68. The van der Waals surface area contributed by atoms with E-state index in [9.17, 15) is 14.4 Å². The van der Waals surface area contributed by atoms with Gasteiger partial charge in [0.2, 0.25) is 0 Å². The summed E-state index contributed by atoms with van der Waals surface area (Å²) in [6, 6.07) is 19.6. The zero-order chi connectivity index (χ0) is 22.2. The molecule has 0 heterocycles. The molecule has 0 saturated heterocycles. The van der Waals surface area contributed by atoms with Crippen LogP contribution in [-0.4, -0.2) is 31.5 Å². The molecule has 0 fully saturated rings. The molecular weight excluding hydrogens is 398 g/mol. The Morgan fingerprint density at radius 3 is 2.16 bits per heavy atom. The van der Waals surface area contributed by atoms with Gasteiger partial charge in [-0.1, -0.05) is 12.1 Å². The van der Waals surface area contributed by atoms with Gasteiger partial charge < -0.3 is 25.8 Å². The smallest absolute Gasteiger partial charge is 0.338 e. The summed E-state index contributed by atoms with van der Waals surface area (Å²) in [6.07, 6.45) is 0. The number of hydrogen-bond acceptors (Lipinski definition) is 6. The Morgan fingerprint density at radius 2 is 1.48 bits per heavy atom. The third kappa shape index (κ3) is 5.83. The fraction of sp³-hybridized carbons (Fsp3) is 0.0870. The molecular formula is C23H21N3O5. The van der Waals surface area contributed by atoms with E-state index in [1.807, 2.05) is 0 Å². The highest BCUT2D eigenvalue weighted by Crippen LogP contribution is 2.23. The number of carbonyl (C=O) groups is 3.